The van der Waals surface area contributed by atoms with Crippen LogP contribution in [-0.4, -0.2) is 0 Å². The molecule has 1 aromatic carbocycles. The van der Waals surface area contributed by atoms with Crippen LogP contribution in [-0.2, 0) is 0 Å². The number of rotatable bonds is 4. The molecule has 0 fully saturated rings. The number of benzene rings is 1. The Kier molecular flexibility index (Phi) is 4.48. The van der Waals surface area contributed by atoms with E-state index in [2.05, 4.69) is 26.2 Å². The second kappa shape index (κ2) is 5.47. The standard InChI is InChI=1S/C13H22FN3/c1-13(2,3)7-6-12(17-16)10-8-9(14)4-5-11(10)15/h4-5,8,12,17H,6-7,15-16H2,1-3H3. The lowest BCUT2D eigenvalue weighted by Crippen LogP contribution is -2.29. The molecule has 1 unspecified atom stereocenters. The van der Waals surface area contributed by atoms with Gasteiger partial charge in [0.25, 0.3) is 0 Å². The van der Waals surface area contributed by atoms with Crippen molar-refractivity contribution in [3.63, 3.8) is 0 Å². The van der Waals surface area contributed by atoms with E-state index in [1.54, 1.807) is 6.07 Å². The molecule has 17 heavy (non-hydrogen) atoms. The quantitative estimate of drug-likeness (QED) is 0.430. The lowest BCUT2D eigenvalue weighted by atomic mass is 9.87. The predicted octanol–water partition coefficient (Wildman–Crippen LogP) is 2.74. The molecule has 1 rings (SSSR count). The van der Waals surface area contributed by atoms with Crippen molar-refractivity contribution in [3.05, 3.63) is 29.6 Å². The van der Waals surface area contributed by atoms with E-state index in [-0.39, 0.29) is 17.3 Å². The first-order valence-corrected chi connectivity index (χ1v) is 5.84. The number of hydrogen-bond acceptors (Lipinski definition) is 3. The molecule has 1 aromatic rings. The lowest BCUT2D eigenvalue weighted by molar-refractivity contribution is 0.333. The van der Waals surface area contributed by atoms with Crippen LogP contribution in [0.25, 0.3) is 0 Å². The summed E-state index contributed by atoms with van der Waals surface area (Å²) in [6.45, 7) is 6.49. The van der Waals surface area contributed by atoms with E-state index in [9.17, 15) is 4.39 Å². The van der Waals surface area contributed by atoms with Crippen LogP contribution >= 0.6 is 0 Å². The smallest absolute Gasteiger partial charge is 0.123 e. The third-order valence-electron chi connectivity index (χ3n) is 2.81. The van der Waals surface area contributed by atoms with Gasteiger partial charge in [-0.15, -0.1) is 0 Å². The highest BCUT2D eigenvalue weighted by molar-refractivity contribution is 5.48. The van der Waals surface area contributed by atoms with Gasteiger partial charge in [-0.25, -0.2) is 4.39 Å². The number of nitrogen functional groups attached to an aromatic ring is 1. The maximum Gasteiger partial charge on any atom is 0.123 e. The van der Waals surface area contributed by atoms with Gasteiger partial charge >= 0.3 is 0 Å². The minimum Gasteiger partial charge on any atom is -0.398 e. The highest BCUT2D eigenvalue weighted by atomic mass is 19.1. The number of hydrogen-bond donors (Lipinski definition) is 3. The van der Waals surface area contributed by atoms with Crippen molar-refractivity contribution in [2.75, 3.05) is 5.73 Å². The molecule has 0 amide bonds. The van der Waals surface area contributed by atoms with Crippen LogP contribution in [0.15, 0.2) is 18.2 Å². The zero-order valence-electron chi connectivity index (χ0n) is 10.8. The maximum absolute atomic E-state index is 13.2. The highest BCUT2D eigenvalue weighted by Gasteiger charge is 2.18. The molecular formula is C13H22FN3. The molecule has 3 nitrogen and oxygen atoms in total. The molecule has 5 N–H and O–H groups in total. The fourth-order valence-corrected chi connectivity index (χ4v) is 1.75. The Morgan fingerprint density at radius 2 is 2.00 bits per heavy atom. The number of anilines is 1. The SMILES string of the molecule is CC(C)(C)CCC(NN)c1cc(F)ccc1N. The predicted molar refractivity (Wildman–Crippen MR) is 69.6 cm³/mol. The van der Waals surface area contributed by atoms with Crippen molar-refractivity contribution in [1.29, 1.82) is 0 Å². The Hall–Kier alpha value is -1.13. The normalized spacial score (nSPS) is 13.7. The van der Waals surface area contributed by atoms with E-state index in [1.807, 2.05) is 0 Å². The minimum absolute atomic E-state index is 0.107. The zero-order chi connectivity index (χ0) is 13.1. The number of halogens is 1. The summed E-state index contributed by atoms with van der Waals surface area (Å²) in [5.41, 5.74) is 10.1. The maximum atomic E-state index is 13.2. The Morgan fingerprint density at radius 1 is 1.35 bits per heavy atom. The number of hydrazine groups is 1. The summed E-state index contributed by atoms with van der Waals surface area (Å²) in [6, 6.07) is 4.27. The molecule has 0 bridgehead atoms. The van der Waals surface area contributed by atoms with Gasteiger partial charge in [0.1, 0.15) is 5.82 Å². The molecule has 0 aromatic heterocycles. The monoisotopic (exact) mass is 239 g/mol. The van der Waals surface area contributed by atoms with Crippen molar-refractivity contribution in [3.8, 4) is 0 Å². The summed E-state index contributed by atoms with van der Waals surface area (Å²) in [5.74, 6) is 5.24. The zero-order valence-corrected chi connectivity index (χ0v) is 10.8. The number of nitrogens with two attached hydrogens (primary N) is 2. The molecule has 4 heteroatoms. The van der Waals surface area contributed by atoms with Gasteiger partial charge < -0.3 is 5.73 Å². The van der Waals surface area contributed by atoms with E-state index < -0.39 is 0 Å². The van der Waals surface area contributed by atoms with Gasteiger partial charge in [-0.05, 0) is 42.0 Å². The van der Waals surface area contributed by atoms with E-state index in [4.69, 9.17) is 11.6 Å². The molecule has 1 atom stereocenters. The molecule has 0 saturated carbocycles. The average Bonchev–Trinajstić information content (AvgIpc) is 2.22. The second-order valence-electron chi connectivity index (χ2n) is 5.59. The van der Waals surface area contributed by atoms with Crippen LogP contribution in [0, 0.1) is 11.2 Å². The number of nitrogens with one attached hydrogen (secondary N) is 1. The van der Waals surface area contributed by atoms with Gasteiger partial charge in [-0.2, -0.15) is 0 Å². The fraction of sp³-hybridized carbons (Fsp3) is 0.538. The van der Waals surface area contributed by atoms with Crippen LogP contribution in [0.1, 0.15) is 45.2 Å². The Balaban J connectivity index is 2.82. The summed E-state index contributed by atoms with van der Waals surface area (Å²) >= 11 is 0. The molecule has 0 radical (unpaired) electrons. The van der Waals surface area contributed by atoms with Crippen LogP contribution in [0.4, 0.5) is 10.1 Å². The van der Waals surface area contributed by atoms with Crippen LogP contribution in [0.2, 0.25) is 0 Å². The van der Waals surface area contributed by atoms with Crippen LogP contribution in [0.5, 0.6) is 0 Å². The molecule has 0 saturated heterocycles. The van der Waals surface area contributed by atoms with E-state index in [0.29, 0.717) is 5.69 Å². The first kappa shape index (κ1) is 13.9. The van der Waals surface area contributed by atoms with Crippen molar-refractivity contribution in [2.45, 2.75) is 39.7 Å². The molecule has 0 heterocycles. The summed E-state index contributed by atoms with van der Waals surface area (Å²) in [5, 5.41) is 0. The highest BCUT2D eigenvalue weighted by Crippen LogP contribution is 2.29. The Morgan fingerprint density at radius 3 is 2.53 bits per heavy atom. The molecular weight excluding hydrogens is 217 g/mol. The van der Waals surface area contributed by atoms with Crippen LogP contribution < -0.4 is 17.0 Å². The van der Waals surface area contributed by atoms with Crippen LogP contribution in [0.3, 0.4) is 0 Å². The minimum atomic E-state index is -0.287. The first-order valence-electron chi connectivity index (χ1n) is 5.84. The average molecular weight is 239 g/mol. The third-order valence-corrected chi connectivity index (χ3v) is 2.81. The molecule has 96 valence electrons. The van der Waals surface area contributed by atoms with Gasteiger partial charge in [0.15, 0.2) is 0 Å². The van der Waals surface area contributed by atoms with Crippen molar-refractivity contribution in [1.82, 2.24) is 5.43 Å². The third kappa shape index (κ3) is 4.32. The molecule has 0 aliphatic heterocycles. The lowest BCUT2D eigenvalue weighted by Gasteiger charge is -2.23. The molecule has 0 spiro atoms. The van der Waals surface area contributed by atoms with E-state index in [0.717, 1.165) is 18.4 Å². The van der Waals surface area contributed by atoms with Crippen molar-refractivity contribution < 1.29 is 4.39 Å². The summed E-state index contributed by atoms with van der Waals surface area (Å²) in [4.78, 5) is 0. The van der Waals surface area contributed by atoms with Gasteiger partial charge in [-0.3, -0.25) is 11.3 Å². The summed E-state index contributed by atoms with van der Waals surface area (Å²) in [7, 11) is 0. The summed E-state index contributed by atoms with van der Waals surface area (Å²) in [6.07, 6.45) is 1.81. The first-order chi connectivity index (χ1) is 7.83. The Labute approximate surface area is 102 Å². The molecule has 0 aliphatic rings. The van der Waals surface area contributed by atoms with E-state index in [1.165, 1.54) is 12.1 Å². The van der Waals surface area contributed by atoms with Gasteiger partial charge in [-0.1, -0.05) is 20.8 Å². The summed E-state index contributed by atoms with van der Waals surface area (Å²) < 4.78 is 13.2. The second-order valence-corrected chi connectivity index (χ2v) is 5.59. The topological polar surface area (TPSA) is 64.1 Å². The fourth-order valence-electron chi connectivity index (χ4n) is 1.75. The van der Waals surface area contributed by atoms with Crippen molar-refractivity contribution in [2.24, 2.45) is 11.3 Å². The molecule has 0 aliphatic carbocycles. The van der Waals surface area contributed by atoms with Gasteiger partial charge in [0.05, 0.1) is 0 Å². The largest absolute Gasteiger partial charge is 0.398 e. The Bertz CT molecular complexity index is 371. The van der Waals surface area contributed by atoms with Gasteiger partial charge in [0, 0.05) is 11.7 Å². The van der Waals surface area contributed by atoms with Crippen molar-refractivity contribution >= 4 is 5.69 Å². The van der Waals surface area contributed by atoms with Gasteiger partial charge in [0.2, 0.25) is 0 Å². The van der Waals surface area contributed by atoms with E-state index >= 15 is 0 Å².